The molecule has 0 atom stereocenters. The standard InChI is InChI=1S/C24H34N2O/c1-4-5-13-26-14-10-19(11-15-26)22-17-27-23(25-22)20-9-8-18-7-6-12-24(2,3)21(18)16-20/h8-9,16-17,19H,4-7,10-15H2,1-3H3. The number of aryl methyl sites for hydroxylation is 1. The molecule has 27 heavy (non-hydrogen) atoms. The van der Waals surface area contributed by atoms with Crippen molar-refractivity contribution in [2.24, 2.45) is 0 Å². The molecule has 1 fully saturated rings. The molecule has 0 radical (unpaired) electrons. The molecule has 2 aromatic rings. The fourth-order valence-electron chi connectivity index (χ4n) is 4.85. The Morgan fingerprint density at radius 1 is 1.22 bits per heavy atom. The van der Waals surface area contributed by atoms with Crippen molar-refractivity contribution in [3.8, 4) is 11.5 Å². The summed E-state index contributed by atoms with van der Waals surface area (Å²) in [6.07, 6.45) is 10.7. The Hall–Kier alpha value is -1.61. The lowest BCUT2D eigenvalue weighted by molar-refractivity contribution is 0.208. The van der Waals surface area contributed by atoms with Crippen LogP contribution >= 0.6 is 0 Å². The number of hydrogen-bond acceptors (Lipinski definition) is 3. The Bertz CT molecular complexity index is 768. The number of benzene rings is 1. The van der Waals surface area contributed by atoms with E-state index >= 15 is 0 Å². The molecular weight excluding hydrogens is 332 g/mol. The number of unbranched alkanes of at least 4 members (excludes halogenated alkanes) is 1. The number of hydrogen-bond donors (Lipinski definition) is 0. The fourth-order valence-corrected chi connectivity index (χ4v) is 4.85. The molecule has 4 rings (SSSR count). The first-order valence-electron chi connectivity index (χ1n) is 10.9. The van der Waals surface area contributed by atoms with E-state index in [1.165, 1.54) is 75.7 Å². The predicted molar refractivity (Wildman–Crippen MR) is 111 cm³/mol. The predicted octanol–water partition coefficient (Wildman–Crippen LogP) is 5.94. The minimum atomic E-state index is 0.254. The molecular formula is C24H34N2O. The molecule has 1 aliphatic carbocycles. The molecule has 1 aromatic carbocycles. The summed E-state index contributed by atoms with van der Waals surface area (Å²) >= 11 is 0. The summed E-state index contributed by atoms with van der Waals surface area (Å²) in [6.45, 7) is 10.6. The summed E-state index contributed by atoms with van der Waals surface area (Å²) < 4.78 is 5.93. The molecule has 3 nitrogen and oxygen atoms in total. The third kappa shape index (κ3) is 3.99. The van der Waals surface area contributed by atoms with E-state index in [2.05, 4.69) is 43.9 Å². The number of fused-ring (bicyclic) bond motifs is 1. The van der Waals surface area contributed by atoms with E-state index in [1.54, 1.807) is 0 Å². The summed E-state index contributed by atoms with van der Waals surface area (Å²) in [5.74, 6) is 1.34. The van der Waals surface area contributed by atoms with Crippen LogP contribution in [0.15, 0.2) is 28.9 Å². The van der Waals surface area contributed by atoms with Gasteiger partial charge in [0.05, 0.1) is 5.69 Å². The lowest BCUT2D eigenvalue weighted by Crippen LogP contribution is -2.33. The van der Waals surface area contributed by atoms with Gasteiger partial charge in [0, 0.05) is 11.5 Å². The van der Waals surface area contributed by atoms with Gasteiger partial charge in [-0.1, -0.05) is 33.3 Å². The lowest BCUT2D eigenvalue weighted by Gasteiger charge is -2.32. The molecule has 1 saturated heterocycles. The lowest BCUT2D eigenvalue weighted by atomic mass is 9.72. The van der Waals surface area contributed by atoms with Gasteiger partial charge in [0.1, 0.15) is 6.26 Å². The minimum Gasteiger partial charge on any atom is -0.444 e. The van der Waals surface area contributed by atoms with Crippen molar-refractivity contribution in [2.75, 3.05) is 19.6 Å². The molecule has 0 N–H and O–H groups in total. The number of rotatable bonds is 5. The van der Waals surface area contributed by atoms with Crippen LogP contribution in [0.1, 0.15) is 82.0 Å². The van der Waals surface area contributed by atoms with Crippen molar-refractivity contribution >= 4 is 0 Å². The second-order valence-corrected chi connectivity index (χ2v) is 9.16. The van der Waals surface area contributed by atoms with E-state index in [1.807, 2.05) is 6.26 Å². The van der Waals surface area contributed by atoms with E-state index in [0.29, 0.717) is 5.92 Å². The first-order valence-corrected chi connectivity index (χ1v) is 10.9. The van der Waals surface area contributed by atoms with Crippen LogP contribution in [0.3, 0.4) is 0 Å². The van der Waals surface area contributed by atoms with Gasteiger partial charge < -0.3 is 9.32 Å². The highest BCUT2D eigenvalue weighted by Crippen LogP contribution is 2.39. The second kappa shape index (κ2) is 7.79. The van der Waals surface area contributed by atoms with Gasteiger partial charge in [0.2, 0.25) is 5.89 Å². The third-order valence-electron chi connectivity index (χ3n) is 6.69. The fraction of sp³-hybridized carbons (Fsp3) is 0.625. The van der Waals surface area contributed by atoms with Gasteiger partial charge in [-0.05, 0) is 86.8 Å². The maximum Gasteiger partial charge on any atom is 0.226 e. The monoisotopic (exact) mass is 366 g/mol. The Kier molecular flexibility index (Phi) is 5.41. The Labute approximate surface area is 164 Å². The van der Waals surface area contributed by atoms with Crippen LogP contribution in [-0.2, 0) is 11.8 Å². The van der Waals surface area contributed by atoms with Crippen molar-refractivity contribution in [2.45, 2.75) is 77.0 Å². The highest BCUT2D eigenvalue weighted by Gasteiger charge is 2.28. The van der Waals surface area contributed by atoms with Gasteiger partial charge in [-0.15, -0.1) is 0 Å². The Morgan fingerprint density at radius 3 is 2.81 bits per heavy atom. The molecule has 146 valence electrons. The zero-order valence-corrected chi connectivity index (χ0v) is 17.3. The number of piperidine rings is 1. The maximum atomic E-state index is 5.93. The van der Waals surface area contributed by atoms with Gasteiger partial charge in [-0.2, -0.15) is 0 Å². The van der Waals surface area contributed by atoms with Crippen LogP contribution in [-0.4, -0.2) is 29.5 Å². The maximum absolute atomic E-state index is 5.93. The van der Waals surface area contributed by atoms with Crippen molar-refractivity contribution in [3.05, 3.63) is 41.3 Å². The van der Waals surface area contributed by atoms with Crippen molar-refractivity contribution in [3.63, 3.8) is 0 Å². The molecule has 2 heterocycles. The quantitative estimate of drug-likeness (QED) is 0.656. The second-order valence-electron chi connectivity index (χ2n) is 9.16. The molecule has 0 saturated carbocycles. The molecule has 0 unspecified atom stereocenters. The van der Waals surface area contributed by atoms with Gasteiger partial charge in [0.15, 0.2) is 0 Å². The first kappa shape index (κ1) is 18.7. The number of aromatic nitrogens is 1. The highest BCUT2D eigenvalue weighted by molar-refractivity contribution is 5.58. The minimum absolute atomic E-state index is 0.254. The van der Waals surface area contributed by atoms with Crippen LogP contribution in [0.4, 0.5) is 0 Å². The van der Waals surface area contributed by atoms with Gasteiger partial charge in [0.25, 0.3) is 0 Å². The smallest absolute Gasteiger partial charge is 0.226 e. The van der Waals surface area contributed by atoms with Crippen molar-refractivity contribution in [1.29, 1.82) is 0 Å². The van der Waals surface area contributed by atoms with Crippen LogP contribution in [0, 0.1) is 0 Å². The van der Waals surface area contributed by atoms with Crippen LogP contribution < -0.4 is 0 Å². The van der Waals surface area contributed by atoms with Crippen LogP contribution in [0.25, 0.3) is 11.5 Å². The molecule has 0 bridgehead atoms. The van der Waals surface area contributed by atoms with Gasteiger partial charge in [-0.3, -0.25) is 0 Å². The van der Waals surface area contributed by atoms with Crippen LogP contribution in [0.5, 0.6) is 0 Å². The molecule has 0 spiro atoms. The number of likely N-dealkylation sites (tertiary alicyclic amines) is 1. The molecule has 0 amide bonds. The average molecular weight is 367 g/mol. The van der Waals surface area contributed by atoms with Crippen molar-refractivity contribution in [1.82, 2.24) is 9.88 Å². The van der Waals surface area contributed by atoms with Gasteiger partial charge >= 0.3 is 0 Å². The van der Waals surface area contributed by atoms with Crippen molar-refractivity contribution < 1.29 is 4.42 Å². The summed E-state index contributed by atoms with van der Waals surface area (Å²) in [4.78, 5) is 7.51. The van der Waals surface area contributed by atoms with E-state index in [0.717, 1.165) is 17.1 Å². The SMILES string of the molecule is CCCCN1CCC(c2coc(-c3ccc4c(c3)C(C)(C)CCC4)n2)CC1. The molecule has 2 aliphatic rings. The Balaban J connectivity index is 1.47. The summed E-state index contributed by atoms with van der Waals surface area (Å²) in [5.41, 5.74) is 5.52. The van der Waals surface area contributed by atoms with E-state index in [-0.39, 0.29) is 5.41 Å². The topological polar surface area (TPSA) is 29.3 Å². The number of nitrogens with zero attached hydrogens (tertiary/aromatic N) is 2. The van der Waals surface area contributed by atoms with E-state index < -0.39 is 0 Å². The highest BCUT2D eigenvalue weighted by atomic mass is 16.3. The summed E-state index contributed by atoms with van der Waals surface area (Å²) in [5, 5.41) is 0. The normalized spacial score (nSPS) is 20.6. The van der Waals surface area contributed by atoms with Gasteiger partial charge in [-0.25, -0.2) is 4.98 Å². The number of oxazole rings is 1. The summed E-state index contributed by atoms with van der Waals surface area (Å²) in [7, 11) is 0. The average Bonchev–Trinajstić information content (AvgIpc) is 3.17. The molecule has 1 aliphatic heterocycles. The van der Waals surface area contributed by atoms with E-state index in [4.69, 9.17) is 9.40 Å². The first-order chi connectivity index (χ1) is 13.1. The van der Waals surface area contributed by atoms with Crippen LogP contribution in [0.2, 0.25) is 0 Å². The molecule has 3 heteroatoms. The largest absolute Gasteiger partial charge is 0.444 e. The summed E-state index contributed by atoms with van der Waals surface area (Å²) in [6, 6.07) is 6.82. The third-order valence-corrected chi connectivity index (χ3v) is 6.69. The van der Waals surface area contributed by atoms with E-state index in [9.17, 15) is 0 Å². The molecule has 1 aromatic heterocycles. The zero-order valence-electron chi connectivity index (χ0n) is 17.3. The Morgan fingerprint density at radius 2 is 2.04 bits per heavy atom. The zero-order chi connectivity index (χ0) is 18.9.